The van der Waals surface area contributed by atoms with E-state index in [0.717, 1.165) is 38.8 Å². The highest BCUT2D eigenvalue weighted by atomic mass is 16.5. The van der Waals surface area contributed by atoms with Crippen molar-refractivity contribution in [2.45, 2.75) is 57.4 Å². The van der Waals surface area contributed by atoms with Gasteiger partial charge in [0.25, 0.3) is 0 Å². The topological polar surface area (TPSA) is 49.9 Å². The van der Waals surface area contributed by atoms with E-state index in [-0.39, 0.29) is 23.7 Å². The number of carbonyl (C=O) groups is 2. The molecular weight excluding hydrogens is 292 g/mol. The third kappa shape index (κ3) is 3.70. The predicted molar refractivity (Wildman–Crippen MR) is 87.9 cm³/mol. The van der Waals surface area contributed by atoms with Gasteiger partial charge in [-0.2, -0.15) is 0 Å². The van der Waals surface area contributed by atoms with Gasteiger partial charge >= 0.3 is 5.97 Å². The molecule has 0 aromatic rings. The molecule has 0 radical (unpaired) electrons. The van der Waals surface area contributed by atoms with Crippen molar-refractivity contribution in [1.29, 1.82) is 0 Å². The van der Waals surface area contributed by atoms with E-state index in [0.29, 0.717) is 6.04 Å². The van der Waals surface area contributed by atoms with E-state index in [2.05, 4.69) is 4.90 Å². The second-order valence-electron chi connectivity index (χ2n) is 7.34. The maximum atomic E-state index is 13.0. The first-order chi connectivity index (χ1) is 11.2. The number of piperidine rings is 2. The molecule has 3 atom stereocenters. The van der Waals surface area contributed by atoms with Crippen LogP contribution in [0.3, 0.4) is 0 Å². The molecule has 1 amide bonds. The Hall–Kier alpha value is -1.10. The molecule has 3 rings (SSSR count). The zero-order valence-electron chi connectivity index (χ0n) is 14.3. The van der Waals surface area contributed by atoms with Gasteiger partial charge in [0.05, 0.1) is 18.9 Å². The molecule has 2 heterocycles. The minimum Gasteiger partial charge on any atom is -0.469 e. The molecule has 2 saturated heterocycles. The summed E-state index contributed by atoms with van der Waals surface area (Å²) in [5, 5.41) is 0. The predicted octanol–water partition coefficient (Wildman–Crippen LogP) is 2.05. The van der Waals surface area contributed by atoms with Crippen molar-refractivity contribution >= 4 is 11.9 Å². The van der Waals surface area contributed by atoms with E-state index < -0.39 is 0 Å². The van der Waals surface area contributed by atoms with E-state index in [1.54, 1.807) is 0 Å². The van der Waals surface area contributed by atoms with Gasteiger partial charge in [-0.3, -0.25) is 14.5 Å². The number of ether oxygens (including phenoxy) is 1. The van der Waals surface area contributed by atoms with Crippen LogP contribution in [-0.2, 0) is 14.3 Å². The van der Waals surface area contributed by atoms with Crippen molar-refractivity contribution in [3.8, 4) is 0 Å². The van der Waals surface area contributed by atoms with Gasteiger partial charge in [-0.1, -0.05) is 12.8 Å². The SMILES string of the molecule is COC(=O)[C@@H]1CCC[C@@H]1C(=O)N1CCC[C@H](N2CCCCC2)C1. The van der Waals surface area contributed by atoms with E-state index in [1.807, 2.05) is 4.90 Å². The normalized spacial score (nSPS) is 32.7. The largest absolute Gasteiger partial charge is 0.469 e. The number of carbonyl (C=O) groups excluding carboxylic acids is 2. The minimum atomic E-state index is -0.220. The highest BCUT2D eigenvalue weighted by molar-refractivity contribution is 5.86. The average molecular weight is 322 g/mol. The summed E-state index contributed by atoms with van der Waals surface area (Å²) in [6.45, 7) is 4.07. The molecule has 0 spiro atoms. The van der Waals surface area contributed by atoms with Gasteiger partial charge in [0.15, 0.2) is 0 Å². The summed E-state index contributed by atoms with van der Waals surface area (Å²) >= 11 is 0. The van der Waals surface area contributed by atoms with Crippen molar-refractivity contribution < 1.29 is 14.3 Å². The van der Waals surface area contributed by atoms with E-state index in [4.69, 9.17) is 4.74 Å². The van der Waals surface area contributed by atoms with Crippen molar-refractivity contribution in [2.24, 2.45) is 11.8 Å². The number of rotatable bonds is 3. The molecule has 0 aromatic carbocycles. The molecule has 1 saturated carbocycles. The lowest BCUT2D eigenvalue weighted by atomic mass is 9.93. The number of methoxy groups -OCH3 is 1. The van der Waals surface area contributed by atoms with Gasteiger partial charge in [0.2, 0.25) is 5.91 Å². The first kappa shape index (κ1) is 16.7. The Morgan fingerprint density at radius 3 is 2.35 bits per heavy atom. The standard InChI is InChI=1S/C18H30N2O3/c1-23-18(22)16-9-5-8-15(16)17(21)20-12-6-7-14(13-20)19-10-3-2-4-11-19/h14-16H,2-13H2,1H3/t14-,15-,16+/m0/s1. The zero-order valence-corrected chi connectivity index (χ0v) is 14.3. The quantitative estimate of drug-likeness (QED) is 0.746. The fourth-order valence-electron chi connectivity index (χ4n) is 4.66. The molecule has 3 aliphatic rings. The minimum absolute atomic E-state index is 0.150. The Bertz CT molecular complexity index is 434. The van der Waals surface area contributed by atoms with E-state index in [9.17, 15) is 9.59 Å². The number of hydrogen-bond donors (Lipinski definition) is 0. The summed E-state index contributed by atoms with van der Waals surface area (Å²) in [7, 11) is 1.43. The Morgan fingerprint density at radius 1 is 0.870 bits per heavy atom. The Morgan fingerprint density at radius 2 is 1.61 bits per heavy atom. The lowest BCUT2D eigenvalue weighted by Crippen LogP contribution is -2.52. The van der Waals surface area contributed by atoms with Crippen molar-refractivity contribution in [3.63, 3.8) is 0 Å². The third-order valence-electron chi connectivity index (χ3n) is 5.95. The first-order valence-corrected chi connectivity index (χ1v) is 9.31. The van der Waals surface area contributed by atoms with Gasteiger partial charge < -0.3 is 9.64 Å². The summed E-state index contributed by atoms with van der Waals surface area (Å²) in [5.41, 5.74) is 0. The molecule has 0 bridgehead atoms. The number of hydrogen-bond acceptors (Lipinski definition) is 4. The number of esters is 1. The summed E-state index contributed by atoms with van der Waals surface area (Å²) in [4.78, 5) is 29.5. The molecule has 5 heteroatoms. The lowest BCUT2D eigenvalue weighted by Gasteiger charge is -2.42. The van der Waals surface area contributed by atoms with Crippen LogP contribution in [-0.4, -0.2) is 61.0 Å². The molecule has 5 nitrogen and oxygen atoms in total. The van der Waals surface area contributed by atoms with Crippen LogP contribution < -0.4 is 0 Å². The van der Waals surface area contributed by atoms with Crippen LogP contribution in [0.1, 0.15) is 51.4 Å². The molecule has 0 unspecified atom stereocenters. The van der Waals surface area contributed by atoms with Crippen molar-refractivity contribution in [1.82, 2.24) is 9.80 Å². The van der Waals surface area contributed by atoms with E-state index in [1.165, 1.54) is 45.9 Å². The van der Waals surface area contributed by atoms with Crippen LogP contribution in [0.5, 0.6) is 0 Å². The van der Waals surface area contributed by atoms with Crippen LogP contribution in [0.4, 0.5) is 0 Å². The van der Waals surface area contributed by atoms with Crippen molar-refractivity contribution in [2.75, 3.05) is 33.3 Å². The van der Waals surface area contributed by atoms with Crippen LogP contribution in [0.15, 0.2) is 0 Å². The van der Waals surface area contributed by atoms with Gasteiger partial charge in [0.1, 0.15) is 0 Å². The van der Waals surface area contributed by atoms with Crippen LogP contribution in [0.25, 0.3) is 0 Å². The average Bonchev–Trinajstić information content (AvgIpc) is 3.11. The molecule has 3 fully saturated rings. The molecule has 2 aliphatic heterocycles. The maximum absolute atomic E-state index is 13.0. The highest BCUT2D eigenvalue weighted by Crippen LogP contribution is 2.35. The van der Waals surface area contributed by atoms with Crippen LogP contribution in [0.2, 0.25) is 0 Å². The molecule has 23 heavy (non-hydrogen) atoms. The van der Waals surface area contributed by atoms with Crippen molar-refractivity contribution in [3.05, 3.63) is 0 Å². The van der Waals surface area contributed by atoms with Crippen LogP contribution in [0, 0.1) is 11.8 Å². The Balaban J connectivity index is 1.61. The Kier molecular flexibility index (Phi) is 5.57. The van der Waals surface area contributed by atoms with Gasteiger partial charge in [-0.05, 0) is 51.6 Å². The third-order valence-corrected chi connectivity index (χ3v) is 5.95. The molecule has 1 aliphatic carbocycles. The van der Waals surface area contributed by atoms with Crippen LogP contribution >= 0.6 is 0 Å². The summed E-state index contributed by atoms with van der Waals surface area (Å²) < 4.78 is 4.90. The molecule has 0 N–H and O–H groups in total. The second kappa shape index (κ2) is 7.65. The maximum Gasteiger partial charge on any atom is 0.309 e. The smallest absolute Gasteiger partial charge is 0.309 e. The zero-order chi connectivity index (χ0) is 16.2. The Labute approximate surface area is 139 Å². The van der Waals surface area contributed by atoms with Gasteiger partial charge in [-0.25, -0.2) is 0 Å². The number of likely N-dealkylation sites (tertiary alicyclic amines) is 2. The fraction of sp³-hybridized carbons (Fsp3) is 0.889. The first-order valence-electron chi connectivity index (χ1n) is 9.31. The van der Waals surface area contributed by atoms with E-state index >= 15 is 0 Å². The molecule has 0 aromatic heterocycles. The second-order valence-corrected chi connectivity index (χ2v) is 7.34. The summed E-state index contributed by atoms with van der Waals surface area (Å²) in [6.07, 6.45) is 8.80. The number of nitrogens with zero attached hydrogens (tertiary/aromatic N) is 2. The molecule has 130 valence electrons. The fourth-order valence-corrected chi connectivity index (χ4v) is 4.66. The monoisotopic (exact) mass is 322 g/mol. The molecular formula is C18H30N2O3. The number of amides is 1. The van der Waals surface area contributed by atoms with Gasteiger partial charge in [0, 0.05) is 19.1 Å². The van der Waals surface area contributed by atoms with Gasteiger partial charge in [-0.15, -0.1) is 0 Å². The summed E-state index contributed by atoms with van der Waals surface area (Å²) in [6, 6.07) is 0.519. The highest BCUT2D eigenvalue weighted by Gasteiger charge is 2.41. The summed E-state index contributed by atoms with van der Waals surface area (Å²) in [5.74, 6) is -0.379. The lowest BCUT2D eigenvalue weighted by molar-refractivity contribution is -0.152.